The summed E-state index contributed by atoms with van der Waals surface area (Å²) < 4.78 is 118. The van der Waals surface area contributed by atoms with E-state index in [-0.39, 0.29) is 26.2 Å². The van der Waals surface area contributed by atoms with E-state index in [2.05, 4.69) is 0 Å². The second-order valence-corrected chi connectivity index (χ2v) is 4.54. The average Bonchev–Trinajstić information content (AvgIpc) is 1.77. The van der Waals surface area contributed by atoms with Crippen LogP contribution in [0.4, 0.5) is 26.3 Å². The van der Waals surface area contributed by atoms with Gasteiger partial charge in [0.25, 0.3) is 0 Å². The summed E-state index contributed by atoms with van der Waals surface area (Å²) in [6, 6.07) is 0. The van der Waals surface area contributed by atoms with Crippen molar-refractivity contribution in [2.24, 2.45) is 0 Å². The van der Waals surface area contributed by atoms with Crippen LogP contribution in [0.15, 0.2) is 0 Å². The molecule has 0 aromatic carbocycles. The van der Waals surface area contributed by atoms with E-state index in [0.29, 0.717) is 0 Å². The Morgan fingerprint density at radius 3 is 0.706 bits per heavy atom. The van der Waals surface area contributed by atoms with E-state index in [0.717, 1.165) is 0 Å². The normalized spacial score (nSPS) is 13.2. The molecule has 0 aliphatic heterocycles. The molecular formula is C2F6O6S2Zr+2. The minimum Gasteiger partial charge on any atom is -0.741 e. The van der Waals surface area contributed by atoms with Crippen LogP contribution < -0.4 is 0 Å². The maximum Gasteiger partial charge on any atom is 4.00 e. The summed E-state index contributed by atoms with van der Waals surface area (Å²) in [6.45, 7) is 0. The van der Waals surface area contributed by atoms with Crippen LogP contribution in [-0.2, 0) is 46.4 Å². The Morgan fingerprint density at radius 1 is 0.647 bits per heavy atom. The van der Waals surface area contributed by atoms with Crippen LogP contribution in [0, 0.1) is 0 Å². The van der Waals surface area contributed by atoms with Crippen molar-refractivity contribution in [2.75, 3.05) is 0 Å². The van der Waals surface area contributed by atoms with Crippen LogP contribution >= 0.6 is 0 Å². The topological polar surface area (TPSA) is 114 Å². The third-order valence-corrected chi connectivity index (χ3v) is 1.70. The first-order valence-corrected chi connectivity index (χ1v) is 5.36. The molecule has 0 unspecified atom stereocenters. The standard InChI is InChI=1S/2CHF3O3S.Zr/c2*2-1(3,4)8(5,6)7;/h2*(H,5,6,7);/q;;+4/p-2. The number of rotatable bonds is 0. The van der Waals surface area contributed by atoms with E-state index < -0.39 is 31.3 Å². The van der Waals surface area contributed by atoms with Crippen LogP contribution in [0.1, 0.15) is 0 Å². The largest absolute Gasteiger partial charge is 4.00 e. The van der Waals surface area contributed by atoms with Gasteiger partial charge in [0, 0.05) is 0 Å². The molecule has 0 aliphatic carbocycles. The Bertz CT molecular complexity index is 374. The van der Waals surface area contributed by atoms with Gasteiger partial charge in [0.05, 0.1) is 0 Å². The van der Waals surface area contributed by atoms with Crippen LogP contribution in [0.2, 0.25) is 0 Å². The zero-order chi connectivity index (χ0) is 14.0. The van der Waals surface area contributed by atoms with Crippen molar-refractivity contribution in [3.8, 4) is 0 Å². The molecule has 100 valence electrons. The molecule has 0 radical (unpaired) electrons. The number of alkyl halides is 6. The van der Waals surface area contributed by atoms with Gasteiger partial charge in [0.15, 0.2) is 20.2 Å². The van der Waals surface area contributed by atoms with E-state index in [1.165, 1.54) is 0 Å². The summed E-state index contributed by atoms with van der Waals surface area (Å²) >= 11 is 0. The Labute approximate surface area is 110 Å². The van der Waals surface area contributed by atoms with Gasteiger partial charge in [-0.05, 0) is 0 Å². The third-order valence-electron chi connectivity index (χ3n) is 0.567. The fourth-order valence-electron chi connectivity index (χ4n) is 0. The summed E-state index contributed by atoms with van der Waals surface area (Å²) in [6.07, 6.45) is 0. The number of hydrogen-bond acceptors (Lipinski definition) is 6. The molecular weight excluding hydrogens is 389 g/mol. The van der Waals surface area contributed by atoms with Gasteiger partial charge in [-0.25, -0.2) is 16.8 Å². The van der Waals surface area contributed by atoms with Gasteiger partial charge >= 0.3 is 37.2 Å². The molecule has 0 aromatic rings. The van der Waals surface area contributed by atoms with Crippen molar-refractivity contribution < 1.29 is 78.5 Å². The summed E-state index contributed by atoms with van der Waals surface area (Å²) in [5.41, 5.74) is -11.3. The van der Waals surface area contributed by atoms with Gasteiger partial charge in [0.2, 0.25) is 0 Å². The Hall–Kier alpha value is 0.283. The van der Waals surface area contributed by atoms with E-state index in [9.17, 15) is 26.3 Å². The molecule has 0 amide bonds. The molecule has 0 rings (SSSR count). The molecule has 15 heteroatoms. The molecule has 0 aromatic heterocycles. The van der Waals surface area contributed by atoms with E-state index in [4.69, 9.17) is 25.9 Å². The van der Waals surface area contributed by atoms with Crippen LogP contribution in [0.5, 0.6) is 0 Å². The molecule has 0 atom stereocenters. The first-order chi connectivity index (χ1) is 6.50. The second-order valence-electron chi connectivity index (χ2n) is 1.80. The minimum atomic E-state index is -6.09. The minimum absolute atomic E-state index is 0. The molecule has 0 fully saturated rings. The van der Waals surface area contributed by atoms with Crippen LogP contribution in [0.3, 0.4) is 0 Å². The van der Waals surface area contributed by atoms with Crippen molar-refractivity contribution in [1.82, 2.24) is 0 Å². The molecule has 0 saturated heterocycles. The number of hydrogen-bond donors (Lipinski definition) is 0. The van der Waals surface area contributed by atoms with Crippen LogP contribution in [-0.4, -0.2) is 37.0 Å². The first kappa shape index (κ1) is 22.5. The van der Waals surface area contributed by atoms with Crippen molar-refractivity contribution in [3.05, 3.63) is 0 Å². The van der Waals surface area contributed by atoms with Gasteiger partial charge < -0.3 is 9.11 Å². The Morgan fingerprint density at radius 2 is 0.706 bits per heavy atom. The quantitative estimate of drug-likeness (QED) is 0.330. The maximum atomic E-state index is 10.7. The summed E-state index contributed by atoms with van der Waals surface area (Å²) in [5.74, 6) is 0. The van der Waals surface area contributed by atoms with Crippen molar-refractivity contribution >= 4 is 20.2 Å². The monoisotopic (exact) mass is 388 g/mol. The molecule has 0 saturated carbocycles. The van der Waals surface area contributed by atoms with Crippen molar-refractivity contribution in [3.63, 3.8) is 0 Å². The SMILES string of the molecule is O=S(=O)([O-])C(F)(F)F.O=S(=O)([O-])C(F)(F)F.[Zr+4]. The van der Waals surface area contributed by atoms with Crippen LogP contribution in [0.25, 0.3) is 0 Å². The van der Waals surface area contributed by atoms with E-state index >= 15 is 0 Å². The number of halogens is 6. The molecule has 0 N–H and O–H groups in total. The predicted octanol–water partition coefficient (Wildman–Crippen LogP) is 0.100. The molecule has 0 bridgehead atoms. The van der Waals surface area contributed by atoms with Crippen molar-refractivity contribution in [1.29, 1.82) is 0 Å². The van der Waals surface area contributed by atoms with Gasteiger partial charge in [-0.2, -0.15) is 26.3 Å². The van der Waals surface area contributed by atoms with Gasteiger partial charge in [0.1, 0.15) is 0 Å². The zero-order valence-electron chi connectivity index (χ0n) is 7.03. The summed E-state index contributed by atoms with van der Waals surface area (Å²) in [5, 5.41) is 0. The van der Waals surface area contributed by atoms with E-state index in [1.54, 1.807) is 0 Å². The Balaban J connectivity index is -0.000000218. The van der Waals surface area contributed by atoms with E-state index in [1.807, 2.05) is 0 Å². The fourth-order valence-corrected chi connectivity index (χ4v) is 0. The summed E-state index contributed by atoms with van der Waals surface area (Å²) in [7, 11) is -12.2. The molecule has 6 nitrogen and oxygen atoms in total. The molecule has 0 aliphatic rings. The molecule has 17 heavy (non-hydrogen) atoms. The molecule has 0 spiro atoms. The fraction of sp³-hybridized carbons (Fsp3) is 1.00. The van der Waals surface area contributed by atoms with Gasteiger partial charge in [-0.3, -0.25) is 0 Å². The predicted molar refractivity (Wildman–Crippen MR) is 31.5 cm³/mol. The third kappa shape index (κ3) is 9.94. The molecule has 0 heterocycles. The average molecular weight is 389 g/mol. The maximum absolute atomic E-state index is 10.7. The zero-order valence-corrected chi connectivity index (χ0v) is 11.1. The Kier molecular flexibility index (Phi) is 8.52. The van der Waals surface area contributed by atoms with Gasteiger partial charge in [-0.1, -0.05) is 0 Å². The summed E-state index contributed by atoms with van der Waals surface area (Å²) in [4.78, 5) is 0. The smallest absolute Gasteiger partial charge is 0.741 e. The first-order valence-electron chi connectivity index (χ1n) is 2.54. The second kappa shape index (κ2) is 6.45. The van der Waals surface area contributed by atoms with Crippen molar-refractivity contribution in [2.45, 2.75) is 11.0 Å². The van der Waals surface area contributed by atoms with Gasteiger partial charge in [-0.15, -0.1) is 0 Å².